The average Bonchev–Trinajstić information content (AvgIpc) is 2.77. The van der Waals surface area contributed by atoms with E-state index in [9.17, 15) is 0 Å². The molecule has 0 saturated carbocycles. The molecule has 1 saturated heterocycles. The second-order valence-electron chi connectivity index (χ2n) is 8.97. The minimum Gasteiger partial charge on any atom is -0.494 e. The minimum atomic E-state index is 0.797. The molecule has 1 atom stereocenters. The topological polar surface area (TPSA) is 12.5 Å². The van der Waals surface area contributed by atoms with Crippen LogP contribution in [0.3, 0.4) is 0 Å². The number of ether oxygens (including phenoxy) is 1. The molecule has 2 nitrogen and oxygen atoms in total. The Morgan fingerprint density at radius 2 is 1.70 bits per heavy atom. The van der Waals surface area contributed by atoms with Gasteiger partial charge >= 0.3 is 0 Å². The van der Waals surface area contributed by atoms with Gasteiger partial charge in [-0.2, -0.15) is 0 Å². The molecule has 1 aliphatic rings. The van der Waals surface area contributed by atoms with Gasteiger partial charge in [0.15, 0.2) is 0 Å². The quantitative estimate of drug-likeness (QED) is 0.363. The number of piperidine rings is 1. The van der Waals surface area contributed by atoms with E-state index in [4.69, 9.17) is 4.74 Å². The standard InChI is InChI=1S/C28H35NO/c1-23-9-8-17-29(21-23)22-25-13-14-27-20-28(16-15-26(27)19-25)30-18-7-3-6-12-24-10-4-2-5-11-24/h2,4-5,10-11,13-16,19-20,23H,3,6-9,12,17-18,21-22H2,1H3. The number of aryl methyl sites for hydroxylation is 1. The van der Waals surface area contributed by atoms with Crippen LogP contribution in [-0.2, 0) is 13.0 Å². The first-order chi connectivity index (χ1) is 14.8. The molecule has 1 heterocycles. The molecule has 0 aliphatic carbocycles. The molecule has 0 N–H and O–H groups in total. The molecule has 0 radical (unpaired) electrons. The summed E-state index contributed by atoms with van der Waals surface area (Å²) in [7, 11) is 0. The van der Waals surface area contributed by atoms with Crippen molar-refractivity contribution in [2.45, 2.75) is 52.0 Å². The van der Waals surface area contributed by atoms with Crippen LogP contribution in [0.5, 0.6) is 5.75 Å². The number of hydrogen-bond donors (Lipinski definition) is 0. The highest BCUT2D eigenvalue weighted by molar-refractivity contribution is 5.84. The summed E-state index contributed by atoms with van der Waals surface area (Å²) in [4.78, 5) is 2.60. The van der Waals surface area contributed by atoms with Gasteiger partial charge in [-0.25, -0.2) is 0 Å². The van der Waals surface area contributed by atoms with Crippen LogP contribution in [-0.4, -0.2) is 24.6 Å². The number of unbranched alkanes of at least 4 members (excludes halogenated alkanes) is 2. The Hall–Kier alpha value is -2.32. The molecule has 30 heavy (non-hydrogen) atoms. The van der Waals surface area contributed by atoms with Crippen LogP contribution in [0, 0.1) is 5.92 Å². The fourth-order valence-electron chi connectivity index (χ4n) is 4.59. The van der Waals surface area contributed by atoms with Crippen molar-refractivity contribution in [2.75, 3.05) is 19.7 Å². The van der Waals surface area contributed by atoms with Crippen molar-refractivity contribution >= 4 is 10.8 Å². The summed E-state index contributed by atoms with van der Waals surface area (Å²) >= 11 is 0. The van der Waals surface area contributed by atoms with Crippen LogP contribution in [0.4, 0.5) is 0 Å². The van der Waals surface area contributed by atoms with E-state index in [1.165, 1.54) is 60.7 Å². The number of hydrogen-bond acceptors (Lipinski definition) is 2. The molecule has 1 aliphatic heterocycles. The van der Waals surface area contributed by atoms with Gasteiger partial charge in [-0.1, -0.05) is 55.5 Å². The summed E-state index contributed by atoms with van der Waals surface area (Å²) in [5.41, 5.74) is 2.85. The lowest BCUT2D eigenvalue weighted by molar-refractivity contribution is 0.176. The van der Waals surface area contributed by atoms with Crippen LogP contribution in [0.2, 0.25) is 0 Å². The third-order valence-electron chi connectivity index (χ3n) is 6.24. The van der Waals surface area contributed by atoms with Gasteiger partial charge in [0.05, 0.1) is 6.61 Å². The molecule has 1 fully saturated rings. The normalized spacial score (nSPS) is 17.3. The highest BCUT2D eigenvalue weighted by Gasteiger charge is 2.16. The Balaban J connectivity index is 1.23. The zero-order valence-electron chi connectivity index (χ0n) is 18.4. The first-order valence-electron chi connectivity index (χ1n) is 11.7. The van der Waals surface area contributed by atoms with E-state index in [1.54, 1.807) is 0 Å². The Morgan fingerprint density at radius 3 is 2.57 bits per heavy atom. The molecule has 2 heteroatoms. The van der Waals surface area contributed by atoms with E-state index in [0.717, 1.165) is 37.7 Å². The van der Waals surface area contributed by atoms with Gasteiger partial charge in [0.1, 0.15) is 5.75 Å². The van der Waals surface area contributed by atoms with Gasteiger partial charge in [-0.3, -0.25) is 4.90 Å². The molecule has 0 bridgehead atoms. The SMILES string of the molecule is CC1CCCN(Cc2ccc3cc(OCCCCCc4ccccc4)ccc3c2)C1. The Kier molecular flexibility index (Phi) is 7.42. The maximum absolute atomic E-state index is 6.02. The third-order valence-corrected chi connectivity index (χ3v) is 6.24. The summed E-state index contributed by atoms with van der Waals surface area (Å²) in [5, 5.41) is 2.58. The second kappa shape index (κ2) is 10.6. The molecule has 0 spiro atoms. The van der Waals surface area contributed by atoms with E-state index >= 15 is 0 Å². The van der Waals surface area contributed by atoms with Gasteiger partial charge in [0.2, 0.25) is 0 Å². The molecule has 0 amide bonds. The third kappa shape index (κ3) is 6.09. The number of fused-ring (bicyclic) bond motifs is 1. The highest BCUT2D eigenvalue weighted by atomic mass is 16.5. The van der Waals surface area contributed by atoms with Crippen LogP contribution in [0.25, 0.3) is 10.8 Å². The van der Waals surface area contributed by atoms with Crippen LogP contribution in [0.1, 0.15) is 50.2 Å². The number of nitrogens with zero attached hydrogens (tertiary/aromatic N) is 1. The molecule has 4 rings (SSSR count). The minimum absolute atomic E-state index is 0.797. The Bertz CT molecular complexity index is 920. The smallest absolute Gasteiger partial charge is 0.119 e. The van der Waals surface area contributed by atoms with Crippen molar-refractivity contribution < 1.29 is 4.74 Å². The molecular formula is C28H35NO. The van der Waals surface area contributed by atoms with Gasteiger partial charge in [-0.05, 0) is 91.1 Å². The fourth-order valence-corrected chi connectivity index (χ4v) is 4.59. The predicted molar refractivity (Wildman–Crippen MR) is 127 cm³/mol. The van der Waals surface area contributed by atoms with Gasteiger partial charge < -0.3 is 4.74 Å². The van der Waals surface area contributed by atoms with Crippen molar-refractivity contribution in [1.29, 1.82) is 0 Å². The number of benzene rings is 3. The molecule has 3 aromatic carbocycles. The van der Waals surface area contributed by atoms with Crippen molar-refractivity contribution in [1.82, 2.24) is 4.90 Å². The van der Waals surface area contributed by atoms with Gasteiger partial charge in [-0.15, -0.1) is 0 Å². The summed E-state index contributed by atoms with van der Waals surface area (Å²) in [6, 6.07) is 24.2. The molecule has 1 unspecified atom stereocenters. The van der Waals surface area contributed by atoms with E-state index in [1.807, 2.05) is 0 Å². The zero-order chi connectivity index (χ0) is 20.6. The van der Waals surface area contributed by atoms with Crippen LogP contribution in [0.15, 0.2) is 66.7 Å². The van der Waals surface area contributed by atoms with E-state index < -0.39 is 0 Å². The predicted octanol–water partition coefficient (Wildman–Crippen LogP) is 6.86. The maximum atomic E-state index is 6.02. The largest absolute Gasteiger partial charge is 0.494 e. The number of rotatable bonds is 9. The van der Waals surface area contributed by atoms with Crippen molar-refractivity contribution in [3.63, 3.8) is 0 Å². The second-order valence-corrected chi connectivity index (χ2v) is 8.97. The Morgan fingerprint density at radius 1 is 0.867 bits per heavy atom. The maximum Gasteiger partial charge on any atom is 0.119 e. The number of likely N-dealkylation sites (tertiary alicyclic amines) is 1. The monoisotopic (exact) mass is 401 g/mol. The summed E-state index contributed by atoms with van der Waals surface area (Å²) in [6.07, 6.45) is 7.42. The molecule has 0 aromatic heterocycles. The first kappa shape index (κ1) is 20.9. The summed E-state index contributed by atoms with van der Waals surface area (Å²) < 4.78 is 6.02. The fraction of sp³-hybridized carbons (Fsp3) is 0.429. The summed E-state index contributed by atoms with van der Waals surface area (Å²) in [5.74, 6) is 1.82. The van der Waals surface area contributed by atoms with Crippen molar-refractivity contribution in [3.8, 4) is 5.75 Å². The Labute approximate surface area is 181 Å². The molecule has 3 aromatic rings. The van der Waals surface area contributed by atoms with E-state index in [2.05, 4.69) is 78.6 Å². The zero-order valence-corrected chi connectivity index (χ0v) is 18.4. The summed E-state index contributed by atoms with van der Waals surface area (Å²) in [6.45, 7) is 6.71. The highest BCUT2D eigenvalue weighted by Crippen LogP contribution is 2.24. The van der Waals surface area contributed by atoms with E-state index in [-0.39, 0.29) is 0 Å². The first-order valence-corrected chi connectivity index (χ1v) is 11.7. The van der Waals surface area contributed by atoms with Crippen LogP contribution < -0.4 is 4.74 Å². The lowest BCUT2D eigenvalue weighted by Gasteiger charge is -2.30. The lowest BCUT2D eigenvalue weighted by atomic mass is 9.99. The van der Waals surface area contributed by atoms with Crippen molar-refractivity contribution in [2.24, 2.45) is 5.92 Å². The van der Waals surface area contributed by atoms with E-state index in [0.29, 0.717) is 0 Å². The lowest BCUT2D eigenvalue weighted by Crippen LogP contribution is -2.33. The van der Waals surface area contributed by atoms with Gasteiger partial charge in [0.25, 0.3) is 0 Å². The molecular weight excluding hydrogens is 366 g/mol. The average molecular weight is 402 g/mol. The van der Waals surface area contributed by atoms with Crippen molar-refractivity contribution in [3.05, 3.63) is 77.9 Å². The molecule has 158 valence electrons. The van der Waals surface area contributed by atoms with Gasteiger partial charge in [0, 0.05) is 13.1 Å². The van der Waals surface area contributed by atoms with Crippen LogP contribution >= 0.6 is 0 Å².